The van der Waals surface area contributed by atoms with Crippen LogP contribution in [0.1, 0.15) is 15.9 Å². The number of ether oxygens (including phenoxy) is 2. The molecule has 0 bridgehead atoms. The Morgan fingerprint density at radius 3 is 2.75 bits per heavy atom. The molecular weight excluding hydrogens is 279 g/mol. The monoisotopic (exact) mass is 290 g/mol. The van der Waals surface area contributed by atoms with Gasteiger partial charge in [-0.15, -0.1) is 0 Å². The van der Waals surface area contributed by atoms with Gasteiger partial charge in [0.25, 0.3) is 0 Å². The maximum absolute atomic E-state index is 13.5. The maximum atomic E-state index is 13.5. The highest BCUT2D eigenvalue weighted by atomic mass is 79.9. The van der Waals surface area contributed by atoms with Crippen LogP contribution < -0.4 is 4.74 Å². The number of carbonyl (C=O) groups excluding carboxylic acids is 1. The smallest absolute Gasteiger partial charge is 0.338 e. The third-order valence-corrected chi connectivity index (χ3v) is 2.39. The third kappa shape index (κ3) is 2.95. The summed E-state index contributed by atoms with van der Waals surface area (Å²) in [4.78, 5) is 11.4. The van der Waals surface area contributed by atoms with Crippen molar-refractivity contribution in [2.24, 2.45) is 0 Å². The number of carbonyl (C=O) groups is 1. The molecule has 0 spiro atoms. The van der Waals surface area contributed by atoms with Crippen LogP contribution in [0.15, 0.2) is 12.1 Å². The summed E-state index contributed by atoms with van der Waals surface area (Å²) in [5.74, 6) is -0.726. The van der Waals surface area contributed by atoms with Crippen molar-refractivity contribution in [3.05, 3.63) is 29.1 Å². The van der Waals surface area contributed by atoms with E-state index in [0.29, 0.717) is 17.7 Å². The Morgan fingerprint density at radius 2 is 2.19 bits per heavy atom. The summed E-state index contributed by atoms with van der Waals surface area (Å²) in [7, 11) is 1.26. The lowest BCUT2D eigenvalue weighted by Gasteiger charge is -2.09. The Balaban J connectivity index is 3.06. The van der Waals surface area contributed by atoms with Crippen molar-refractivity contribution in [1.82, 2.24) is 0 Å². The van der Waals surface area contributed by atoms with Gasteiger partial charge in [0.2, 0.25) is 0 Å². The first-order valence-corrected chi connectivity index (χ1v) is 5.79. The lowest BCUT2D eigenvalue weighted by Crippen LogP contribution is -2.07. The average molecular weight is 291 g/mol. The second kappa shape index (κ2) is 5.84. The van der Waals surface area contributed by atoms with Crippen molar-refractivity contribution in [2.75, 3.05) is 19.0 Å². The molecule has 0 aliphatic heterocycles. The highest BCUT2D eigenvalue weighted by molar-refractivity contribution is 9.09. The zero-order valence-electron chi connectivity index (χ0n) is 9.05. The zero-order chi connectivity index (χ0) is 12.1. The van der Waals surface area contributed by atoms with Crippen molar-refractivity contribution < 1.29 is 18.7 Å². The molecule has 0 unspecified atom stereocenters. The first-order chi connectivity index (χ1) is 7.60. The Kier molecular flexibility index (Phi) is 4.73. The van der Waals surface area contributed by atoms with E-state index >= 15 is 0 Å². The topological polar surface area (TPSA) is 35.5 Å². The molecule has 0 aliphatic carbocycles. The Bertz CT molecular complexity index is 393. The SMILES string of the molecule is COC(=O)c1cc(OCCBr)cc(F)c1C. The Hall–Kier alpha value is -1.10. The Morgan fingerprint density at radius 1 is 1.50 bits per heavy atom. The average Bonchev–Trinajstić information content (AvgIpc) is 2.29. The molecule has 0 saturated carbocycles. The molecule has 0 fully saturated rings. The minimum absolute atomic E-state index is 0.187. The highest BCUT2D eigenvalue weighted by Gasteiger charge is 2.14. The number of methoxy groups -OCH3 is 1. The van der Waals surface area contributed by atoms with E-state index in [1.165, 1.54) is 26.2 Å². The number of rotatable bonds is 4. The lowest BCUT2D eigenvalue weighted by atomic mass is 10.1. The minimum atomic E-state index is -0.569. The summed E-state index contributed by atoms with van der Waals surface area (Å²) < 4.78 is 23.3. The van der Waals surface area contributed by atoms with E-state index < -0.39 is 11.8 Å². The molecule has 0 amide bonds. The number of hydrogen-bond acceptors (Lipinski definition) is 3. The van der Waals surface area contributed by atoms with E-state index in [-0.39, 0.29) is 11.1 Å². The first kappa shape index (κ1) is 13.0. The van der Waals surface area contributed by atoms with Crippen LogP contribution in [-0.4, -0.2) is 25.0 Å². The molecule has 0 atom stereocenters. The van der Waals surface area contributed by atoms with Crippen molar-refractivity contribution in [3.63, 3.8) is 0 Å². The number of hydrogen-bond donors (Lipinski definition) is 0. The van der Waals surface area contributed by atoms with Crippen LogP contribution in [0.3, 0.4) is 0 Å². The van der Waals surface area contributed by atoms with Gasteiger partial charge < -0.3 is 9.47 Å². The molecule has 0 aromatic heterocycles. The fourth-order valence-electron chi connectivity index (χ4n) is 1.22. The summed E-state index contributed by atoms with van der Waals surface area (Å²) >= 11 is 3.19. The van der Waals surface area contributed by atoms with Gasteiger partial charge in [0.1, 0.15) is 11.6 Å². The quantitative estimate of drug-likeness (QED) is 0.632. The van der Waals surface area contributed by atoms with Gasteiger partial charge in [-0.25, -0.2) is 9.18 Å². The fourth-order valence-corrected chi connectivity index (χ4v) is 1.38. The molecule has 88 valence electrons. The van der Waals surface area contributed by atoms with Gasteiger partial charge in [-0.2, -0.15) is 0 Å². The van der Waals surface area contributed by atoms with Gasteiger partial charge in [-0.05, 0) is 18.6 Å². The van der Waals surface area contributed by atoms with Crippen LogP contribution in [0.2, 0.25) is 0 Å². The molecule has 16 heavy (non-hydrogen) atoms. The van der Waals surface area contributed by atoms with E-state index in [9.17, 15) is 9.18 Å². The largest absolute Gasteiger partial charge is 0.493 e. The molecule has 1 rings (SSSR count). The van der Waals surface area contributed by atoms with E-state index in [4.69, 9.17) is 4.74 Å². The molecule has 3 nitrogen and oxygen atoms in total. The predicted molar refractivity (Wildman–Crippen MR) is 61.8 cm³/mol. The normalized spacial score (nSPS) is 10.0. The van der Waals surface area contributed by atoms with Crippen LogP contribution in [0.5, 0.6) is 5.75 Å². The molecular formula is C11H12BrFO3. The van der Waals surface area contributed by atoms with Crippen LogP contribution >= 0.6 is 15.9 Å². The molecule has 0 radical (unpaired) electrons. The van der Waals surface area contributed by atoms with Crippen LogP contribution in [0.25, 0.3) is 0 Å². The van der Waals surface area contributed by atoms with Crippen LogP contribution in [0, 0.1) is 12.7 Å². The van der Waals surface area contributed by atoms with Gasteiger partial charge in [0.05, 0.1) is 19.3 Å². The molecule has 0 aliphatic rings. The lowest BCUT2D eigenvalue weighted by molar-refractivity contribution is 0.0598. The van der Waals surface area contributed by atoms with Gasteiger partial charge >= 0.3 is 5.97 Å². The second-order valence-corrected chi connectivity index (χ2v) is 3.90. The van der Waals surface area contributed by atoms with Crippen molar-refractivity contribution >= 4 is 21.9 Å². The summed E-state index contributed by atoms with van der Waals surface area (Å²) in [5.41, 5.74) is 0.449. The van der Waals surface area contributed by atoms with Gasteiger partial charge in [0, 0.05) is 11.4 Å². The minimum Gasteiger partial charge on any atom is -0.493 e. The molecule has 0 saturated heterocycles. The highest BCUT2D eigenvalue weighted by Crippen LogP contribution is 2.21. The van der Waals surface area contributed by atoms with Gasteiger partial charge in [-0.1, -0.05) is 15.9 Å². The molecule has 0 heterocycles. The third-order valence-electron chi connectivity index (χ3n) is 2.07. The van der Waals surface area contributed by atoms with Crippen LogP contribution in [-0.2, 0) is 4.74 Å². The van der Waals surface area contributed by atoms with E-state index in [2.05, 4.69) is 20.7 Å². The van der Waals surface area contributed by atoms with Crippen molar-refractivity contribution in [1.29, 1.82) is 0 Å². The summed E-state index contributed by atoms with van der Waals surface area (Å²) in [6.45, 7) is 1.93. The second-order valence-electron chi connectivity index (χ2n) is 3.11. The standard InChI is InChI=1S/C11H12BrFO3/c1-7-9(11(14)15-2)5-8(6-10(7)13)16-4-3-12/h5-6H,3-4H2,1-2H3. The number of halogens is 2. The number of benzene rings is 1. The van der Waals surface area contributed by atoms with E-state index in [1.807, 2.05) is 0 Å². The van der Waals surface area contributed by atoms with Gasteiger partial charge in [0.15, 0.2) is 0 Å². The summed E-state index contributed by atoms with van der Waals surface area (Å²) in [5, 5.41) is 0.635. The van der Waals surface area contributed by atoms with E-state index in [1.54, 1.807) is 0 Å². The number of alkyl halides is 1. The zero-order valence-corrected chi connectivity index (χ0v) is 10.6. The van der Waals surface area contributed by atoms with Gasteiger partial charge in [-0.3, -0.25) is 0 Å². The van der Waals surface area contributed by atoms with Crippen molar-refractivity contribution in [3.8, 4) is 5.75 Å². The van der Waals surface area contributed by atoms with Crippen molar-refractivity contribution in [2.45, 2.75) is 6.92 Å². The summed E-state index contributed by atoms with van der Waals surface area (Å²) in [6, 6.07) is 2.73. The molecule has 1 aromatic rings. The Labute approximate surface area is 102 Å². The molecule has 1 aromatic carbocycles. The van der Waals surface area contributed by atoms with Crippen LogP contribution in [0.4, 0.5) is 4.39 Å². The molecule has 0 N–H and O–H groups in total. The predicted octanol–water partition coefficient (Wildman–Crippen LogP) is 2.69. The molecule has 5 heteroatoms. The number of esters is 1. The fraction of sp³-hybridized carbons (Fsp3) is 0.364. The first-order valence-electron chi connectivity index (χ1n) is 4.67. The maximum Gasteiger partial charge on any atom is 0.338 e. The van der Waals surface area contributed by atoms with E-state index in [0.717, 1.165) is 0 Å². The summed E-state index contributed by atoms with van der Waals surface area (Å²) in [6.07, 6.45) is 0.